The number of rotatable bonds is 3. The summed E-state index contributed by atoms with van der Waals surface area (Å²) in [7, 11) is 0. The van der Waals surface area contributed by atoms with Crippen LogP contribution < -0.4 is 11.1 Å². The SMILES string of the molecule is CSc1ccccc1Nc1ccc(N)nc1. The minimum absolute atomic E-state index is 0.531. The largest absolute Gasteiger partial charge is 0.384 e. The molecule has 0 aliphatic rings. The van der Waals surface area contributed by atoms with E-state index in [9.17, 15) is 0 Å². The van der Waals surface area contributed by atoms with Gasteiger partial charge in [-0.1, -0.05) is 12.1 Å². The van der Waals surface area contributed by atoms with Crippen LogP contribution in [0.3, 0.4) is 0 Å². The summed E-state index contributed by atoms with van der Waals surface area (Å²) in [6.07, 6.45) is 3.79. The summed E-state index contributed by atoms with van der Waals surface area (Å²) in [4.78, 5) is 5.25. The molecule has 82 valence electrons. The van der Waals surface area contributed by atoms with Crippen molar-refractivity contribution in [2.75, 3.05) is 17.3 Å². The second kappa shape index (κ2) is 4.90. The lowest BCUT2D eigenvalue weighted by molar-refractivity contribution is 1.32. The normalized spacial score (nSPS) is 10.1. The van der Waals surface area contributed by atoms with E-state index >= 15 is 0 Å². The van der Waals surface area contributed by atoms with Crippen LogP contribution in [-0.2, 0) is 0 Å². The summed E-state index contributed by atoms with van der Waals surface area (Å²) in [5.41, 5.74) is 7.56. The van der Waals surface area contributed by atoms with E-state index in [4.69, 9.17) is 5.73 Å². The van der Waals surface area contributed by atoms with Gasteiger partial charge in [0.2, 0.25) is 0 Å². The highest BCUT2D eigenvalue weighted by Crippen LogP contribution is 2.27. The van der Waals surface area contributed by atoms with E-state index in [1.54, 1.807) is 24.0 Å². The van der Waals surface area contributed by atoms with E-state index in [0.717, 1.165) is 11.4 Å². The number of aromatic nitrogens is 1. The lowest BCUT2D eigenvalue weighted by Gasteiger charge is -2.09. The van der Waals surface area contributed by atoms with Gasteiger partial charge in [-0.25, -0.2) is 4.98 Å². The number of pyridine rings is 1. The summed E-state index contributed by atoms with van der Waals surface area (Å²) >= 11 is 1.71. The summed E-state index contributed by atoms with van der Waals surface area (Å²) in [5, 5.41) is 3.31. The van der Waals surface area contributed by atoms with Crippen molar-refractivity contribution in [3.63, 3.8) is 0 Å². The van der Waals surface area contributed by atoms with Gasteiger partial charge in [0.15, 0.2) is 0 Å². The van der Waals surface area contributed by atoms with Gasteiger partial charge >= 0.3 is 0 Å². The van der Waals surface area contributed by atoms with Gasteiger partial charge in [-0.2, -0.15) is 0 Å². The van der Waals surface area contributed by atoms with E-state index < -0.39 is 0 Å². The van der Waals surface area contributed by atoms with Gasteiger partial charge in [0.05, 0.1) is 17.6 Å². The molecule has 0 unspecified atom stereocenters. The highest BCUT2D eigenvalue weighted by atomic mass is 32.2. The summed E-state index contributed by atoms with van der Waals surface area (Å²) in [5.74, 6) is 0.531. The third kappa shape index (κ3) is 2.46. The van der Waals surface area contributed by atoms with Crippen LogP contribution in [-0.4, -0.2) is 11.2 Å². The molecule has 1 aromatic carbocycles. The molecule has 0 amide bonds. The average molecular weight is 231 g/mol. The molecule has 3 N–H and O–H groups in total. The van der Waals surface area contributed by atoms with Gasteiger partial charge in [0.25, 0.3) is 0 Å². The lowest BCUT2D eigenvalue weighted by Crippen LogP contribution is -1.94. The Morgan fingerprint density at radius 3 is 2.69 bits per heavy atom. The maximum absolute atomic E-state index is 5.53. The number of nitrogen functional groups attached to an aromatic ring is 1. The fourth-order valence-electron chi connectivity index (χ4n) is 1.38. The Balaban J connectivity index is 2.23. The molecular weight excluding hydrogens is 218 g/mol. The van der Waals surface area contributed by atoms with Crippen LogP contribution in [0.4, 0.5) is 17.2 Å². The second-order valence-corrected chi connectivity index (χ2v) is 4.15. The summed E-state index contributed by atoms with van der Waals surface area (Å²) in [6.45, 7) is 0. The molecule has 0 fully saturated rings. The van der Waals surface area contributed by atoms with Crippen LogP contribution in [0.1, 0.15) is 0 Å². The smallest absolute Gasteiger partial charge is 0.123 e. The van der Waals surface area contributed by atoms with Gasteiger partial charge < -0.3 is 11.1 Å². The Kier molecular flexibility index (Phi) is 3.31. The molecule has 0 atom stereocenters. The Hall–Kier alpha value is -1.68. The van der Waals surface area contributed by atoms with Crippen LogP contribution in [0, 0.1) is 0 Å². The van der Waals surface area contributed by atoms with Gasteiger partial charge in [0, 0.05) is 4.90 Å². The molecule has 1 aromatic heterocycles. The van der Waals surface area contributed by atoms with Crippen LogP contribution in [0.5, 0.6) is 0 Å². The minimum atomic E-state index is 0.531. The zero-order valence-electron chi connectivity index (χ0n) is 8.97. The Morgan fingerprint density at radius 2 is 2.00 bits per heavy atom. The predicted molar refractivity (Wildman–Crippen MR) is 70.2 cm³/mol. The topological polar surface area (TPSA) is 50.9 Å². The molecule has 0 saturated heterocycles. The summed E-state index contributed by atoms with van der Waals surface area (Å²) in [6, 6.07) is 11.9. The number of nitrogens with two attached hydrogens (primary N) is 1. The first-order chi connectivity index (χ1) is 7.79. The number of para-hydroxylation sites is 1. The van der Waals surface area contributed by atoms with E-state index in [1.807, 2.05) is 24.3 Å². The lowest BCUT2D eigenvalue weighted by atomic mass is 10.3. The fraction of sp³-hybridized carbons (Fsp3) is 0.0833. The molecule has 0 spiro atoms. The third-order valence-electron chi connectivity index (χ3n) is 2.17. The van der Waals surface area contributed by atoms with Crippen molar-refractivity contribution in [1.82, 2.24) is 4.98 Å². The quantitative estimate of drug-likeness (QED) is 0.797. The molecule has 1 heterocycles. The van der Waals surface area contributed by atoms with Crippen LogP contribution >= 0.6 is 11.8 Å². The van der Waals surface area contributed by atoms with Crippen molar-refractivity contribution in [2.24, 2.45) is 0 Å². The number of nitrogens with one attached hydrogen (secondary N) is 1. The monoisotopic (exact) mass is 231 g/mol. The van der Waals surface area contributed by atoms with Crippen molar-refractivity contribution in [2.45, 2.75) is 4.90 Å². The van der Waals surface area contributed by atoms with E-state index in [0.29, 0.717) is 5.82 Å². The third-order valence-corrected chi connectivity index (χ3v) is 2.97. The molecule has 4 heteroatoms. The van der Waals surface area contributed by atoms with E-state index in [-0.39, 0.29) is 0 Å². The van der Waals surface area contributed by atoms with E-state index in [2.05, 4.69) is 22.6 Å². The molecule has 0 bridgehead atoms. The molecule has 0 saturated carbocycles. The number of hydrogen-bond donors (Lipinski definition) is 2. The highest BCUT2D eigenvalue weighted by Gasteiger charge is 2.00. The highest BCUT2D eigenvalue weighted by molar-refractivity contribution is 7.98. The first-order valence-corrected chi connectivity index (χ1v) is 6.13. The molecular formula is C12H13N3S. The molecule has 2 aromatic rings. The maximum atomic E-state index is 5.53. The van der Waals surface area contributed by atoms with Crippen LogP contribution in [0.25, 0.3) is 0 Å². The molecule has 0 radical (unpaired) electrons. The number of anilines is 3. The average Bonchev–Trinajstić information content (AvgIpc) is 2.33. The maximum Gasteiger partial charge on any atom is 0.123 e. The number of nitrogens with zero attached hydrogens (tertiary/aromatic N) is 1. The van der Waals surface area contributed by atoms with Crippen molar-refractivity contribution in [3.8, 4) is 0 Å². The zero-order chi connectivity index (χ0) is 11.4. The first kappa shape index (κ1) is 10.8. The molecule has 16 heavy (non-hydrogen) atoms. The Bertz CT molecular complexity index is 468. The standard InChI is InChI=1S/C12H13N3S/c1-16-11-5-3-2-4-10(11)15-9-6-7-12(13)14-8-9/h2-8,15H,1H3,(H2,13,14). The zero-order valence-corrected chi connectivity index (χ0v) is 9.79. The Labute approximate surface area is 99.1 Å². The fourth-order valence-corrected chi connectivity index (χ4v) is 1.94. The van der Waals surface area contributed by atoms with Crippen LogP contribution in [0.2, 0.25) is 0 Å². The van der Waals surface area contributed by atoms with Crippen molar-refractivity contribution in [1.29, 1.82) is 0 Å². The van der Waals surface area contributed by atoms with E-state index in [1.165, 1.54) is 4.90 Å². The summed E-state index contributed by atoms with van der Waals surface area (Å²) < 4.78 is 0. The van der Waals surface area contributed by atoms with Crippen molar-refractivity contribution >= 4 is 29.0 Å². The van der Waals surface area contributed by atoms with Crippen molar-refractivity contribution < 1.29 is 0 Å². The Morgan fingerprint density at radius 1 is 1.19 bits per heavy atom. The first-order valence-electron chi connectivity index (χ1n) is 4.91. The van der Waals surface area contributed by atoms with Crippen LogP contribution in [0.15, 0.2) is 47.5 Å². The predicted octanol–water partition coefficient (Wildman–Crippen LogP) is 3.13. The van der Waals surface area contributed by atoms with Gasteiger partial charge in [0.1, 0.15) is 5.82 Å². The van der Waals surface area contributed by atoms with Gasteiger partial charge in [-0.05, 0) is 30.5 Å². The molecule has 0 aliphatic heterocycles. The number of hydrogen-bond acceptors (Lipinski definition) is 4. The minimum Gasteiger partial charge on any atom is -0.384 e. The van der Waals surface area contributed by atoms with Gasteiger partial charge in [-0.15, -0.1) is 11.8 Å². The number of thioether (sulfide) groups is 1. The second-order valence-electron chi connectivity index (χ2n) is 3.30. The molecule has 2 rings (SSSR count). The molecule has 0 aliphatic carbocycles. The van der Waals surface area contributed by atoms with Crippen molar-refractivity contribution in [3.05, 3.63) is 42.6 Å². The van der Waals surface area contributed by atoms with Gasteiger partial charge in [-0.3, -0.25) is 0 Å². The number of benzene rings is 1. The molecule has 3 nitrogen and oxygen atoms in total.